The first kappa shape index (κ1) is 17.8. The average molecular weight is 373 g/mol. The van der Waals surface area contributed by atoms with Crippen molar-refractivity contribution < 1.29 is 19.4 Å². The van der Waals surface area contributed by atoms with E-state index in [9.17, 15) is 9.59 Å². The molecular formula is C23H32O4. The van der Waals surface area contributed by atoms with Crippen LogP contribution < -0.4 is 0 Å². The molecule has 0 bridgehead atoms. The predicted molar refractivity (Wildman–Crippen MR) is 101 cm³/mol. The quantitative estimate of drug-likeness (QED) is 0.690. The Hall–Kier alpha value is -1.32. The number of ether oxygens (including phenoxy) is 1. The van der Waals surface area contributed by atoms with Crippen molar-refractivity contribution in [3.8, 4) is 0 Å². The molecule has 4 fully saturated rings. The molecule has 0 heterocycles. The van der Waals surface area contributed by atoms with E-state index in [2.05, 4.69) is 13.0 Å². The van der Waals surface area contributed by atoms with Crippen molar-refractivity contribution >= 4 is 11.9 Å². The van der Waals surface area contributed by atoms with Crippen molar-refractivity contribution in [2.75, 3.05) is 6.61 Å². The van der Waals surface area contributed by atoms with Crippen molar-refractivity contribution in [2.45, 2.75) is 71.1 Å². The topological polar surface area (TPSA) is 63.6 Å². The first-order valence-corrected chi connectivity index (χ1v) is 11.0. The first-order valence-electron chi connectivity index (χ1n) is 11.0. The largest absolute Gasteiger partial charge is 0.505 e. The third-order valence-electron chi connectivity index (χ3n) is 9.44. The Morgan fingerprint density at radius 2 is 2.00 bits per heavy atom. The van der Waals surface area contributed by atoms with Gasteiger partial charge in [-0.15, -0.1) is 0 Å². The highest BCUT2D eigenvalue weighted by atomic mass is 16.7. The molecule has 5 rings (SSSR count). The second-order valence-electron chi connectivity index (χ2n) is 10.4. The van der Waals surface area contributed by atoms with Gasteiger partial charge in [0.1, 0.15) is 0 Å². The standard InChI is InChI=1S/C23H32O4/c1-22-8-6-16-17(19(22)5-3-15(22)7-11-27-21(25)26)4-2-14-12-20(24)23(9-10-23)13-18(14)16/h12,15-19H,2-11,13H2,1H3,(H,25,26)/t15-,16-,17+,18-,19-,22+/m0/s1. The molecule has 0 aromatic rings. The summed E-state index contributed by atoms with van der Waals surface area (Å²) in [5, 5.41) is 8.76. The van der Waals surface area contributed by atoms with E-state index in [0.29, 0.717) is 29.6 Å². The lowest BCUT2D eigenvalue weighted by atomic mass is 9.50. The monoisotopic (exact) mass is 372 g/mol. The second kappa shape index (κ2) is 6.09. The van der Waals surface area contributed by atoms with E-state index in [0.717, 1.165) is 49.9 Å². The van der Waals surface area contributed by atoms with E-state index in [1.165, 1.54) is 37.7 Å². The molecule has 6 atom stereocenters. The van der Waals surface area contributed by atoms with Crippen LogP contribution >= 0.6 is 0 Å². The molecule has 4 heteroatoms. The van der Waals surface area contributed by atoms with E-state index in [1.54, 1.807) is 0 Å². The molecule has 0 amide bonds. The van der Waals surface area contributed by atoms with Crippen LogP contribution in [0.5, 0.6) is 0 Å². The Bertz CT molecular complexity index is 690. The smallest absolute Gasteiger partial charge is 0.450 e. The SMILES string of the molecule is C[C@]12CC[C@H]3[C@@H](CCC4=CC(=O)C5(CC5)C[C@@H]43)[C@@H]1CC[C@H]2CCOC(=O)O. The van der Waals surface area contributed by atoms with Crippen LogP contribution in [-0.2, 0) is 9.53 Å². The number of carbonyl (C=O) groups excluding carboxylic acids is 1. The van der Waals surface area contributed by atoms with Crippen LogP contribution in [-0.4, -0.2) is 23.7 Å². The van der Waals surface area contributed by atoms with Gasteiger partial charge in [0.2, 0.25) is 0 Å². The maximum absolute atomic E-state index is 12.5. The molecule has 27 heavy (non-hydrogen) atoms. The molecule has 0 aromatic heterocycles. The number of fused-ring (bicyclic) bond motifs is 5. The zero-order valence-electron chi connectivity index (χ0n) is 16.4. The van der Waals surface area contributed by atoms with Gasteiger partial charge in [0.25, 0.3) is 0 Å². The van der Waals surface area contributed by atoms with E-state index >= 15 is 0 Å². The normalized spacial score (nSPS) is 44.1. The number of rotatable bonds is 3. The summed E-state index contributed by atoms with van der Waals surface area (Å²) in [5.74, 6) is 4.07. The van der Waals surface area contributed by atoms with Crippen LogP contribution in [0.25, 0.3) is 0 Å². The second-order valence-corrected chi connectivity index (χ2v) is 10.4. The minimum absolute atomic E-state index is 0.0448. The fourth-order valence-electron chi connectivity index (χ4n) is 7.80. The number of carbonyl (C=O) groups is 2. The van der Waals surface area contributed by atoms with E-state index in [4.69, 9.17) is 9.84 Å². The summed E-state index contributed by atoms with van der Waals surface area (Å²) in [6, 6.07) is 0. The zero-order chi connectivity index (χ0) is 18.8. The summed E-state index contributed by atoms with van der Waals surface area (Å²) in [4.78, 5) is 23.2. The molecule has 1 N–H and O–H groups in total. The highest BCUT2D eigenvalue weighted by Gasteiger charge is 2.59. The first-order chi connectivity index (χ1) is 12.9. The highest BCUT2D eigenvalue weighted by molar-refractivity contribution is 5.98. The molecule has 0 unspecified atom stereocenters. The molecule has 0 saturated heterocycles. The Morgan fingerprint density at radius 1 is 1.19 bits per heavy atom. The molecule has 1 spiro atoms. The van der Waals surface area contributed by atoms with Crippen LogP contribution in [0.1, 0.15) is 71.1 Å². The zero-order valence-corrected chi connectivity index (χ0v) is 16.4. The number of hydrogen-bond donors (Lipinski definition) is 1. The van der Waals surface area contributed by atoms with Crippen molar-refractivity contribution in [3.05, 3.63) is 11.6 Å². The predicted octanol–water partition coefficient (Wildman–Crippen LogP) is 5.22. The Balaban J connectivity index is 1.33. The molecule has 0 radical (unpaired) electrons. The number of allylic oxidation sites excluding steroid dienone is 1. The number of carboxylic acid groups (broad SMARTS) is 1. The molecule has 4 nitrogen and oxygen atoms in total. The van der Waals surface area contributed by atoms with Crippen LogP contribution in [0.4, 0.5) is 4.79 Å². The minimum atomic E-state index is -1.15. The van der Waals surface area contributed by atoms with Gasteiger partial charge in [-0.2, -0.15) is 0 Å². The van der Waals surface area contributed by atoms with Crippen LogP contribution in [0, 0.1) is 40.4 Å². The van der Waals surface area contributed by atoms with Gasteiger partial charge in [0, 0.05) is 5.41 Å². The van der Waals surface area contributed by atoms with Gasteiger partial charge in [-0.05, 0) is 105 Å². The molecular weight excluding hydrogens is 340 g/mol. The molecule has 5 aliphatic rings. The summed E-state index contributed by atoms with van der Waals surface area (Å²) < 4.78 is 4.82. The molecule has 0 aliphatic heterocycles. The molecule has 4 saturated carbocycles. The average Bonchev–Trinajstić information content (AvgIpc) is 3.32. The molecule has 0 aromatic carbocycles. The maximum atomic E-state index is 12.5. The maximum Gasteiger partial charge on any atom is 0.505 e. The van der Waals surface area contributed by atoms with Crippen molar-refractivity contribution in [2.24, 2.45) is 40.4 Å². The summed E-state index contributed by atoms with van der Waals surface area (Å²) in [6.45, 7) is 2.82. The lowest BCUT2D eigenvalue weighted by molar-refractivity contribution is -0.121. The van der Waals surface area contributed by atoms with Gasteiger partial charge in [-0.25, -0.2) is 4.79 Å². The summed E-state index contributed by atoms with van der Waals surface area (Å²) in [7, 11) is 0. The third kappa shape index (κ3) is 2.69. The van der Waals surface area contributed by atoms with Crippen LogP contribution in [0.2, 0.25) is 0 Å². The fourth-order valence-corrected chi connectivity index (χ4v) is 7.80. The Labute approximate surface area is 161 Å². The van der Waals surface area contributed by atoms with Crippen molar-refractivity contribution in [3.63, 3.8) is 0 Å². The van der Waals surface area contributed by atoms with Gasteiger partial charge in [0.15, 0.2) is 5.78 Å². The molecule has 5 aliphatic carbocycles. The summed E-state index contributed by atoms with van der Waals surface area (Å²) in [5.41, 5.74) is 1.88. The van der Waals surface area contributed by atoms with Gasteiger partial charge in [0.05, 0.1) is 6.61 Å². The minimum Gasteiger partial charge on any atom is -0.450 e. The number of ketones is 1. The fraction of sp³-hybridized carbons (Fsp3) is 0.826. The van der Waals surface area contributed by atoms with E-state index < -0.39 is 6.16 Å². The molecule has 148 valence electrons. The van der Waals surface area contributed by atoms with Gasteiger partial charge >= 0.3 is 6.16 Å². The van der Waals surface area contributed by atoms with Gasteiger partial charge in [-0.1, -0.05) is 12.5 Å². The summed E-state index contributed by atoms with van der Waals surface area (Å²) >= 11 is 0. The van der Waals surface area contributed by atoms with Gasteiger partial charge < -0.3 is 9.84 Å². The van der Waals surface area contributed by atoms with E-state index in [-0.39, 0.29) is 5.41 Å². The lowest BCUT2D eigenvalue weighted by Crippen LogP contribution is -2.47. The highest BCUT2D eigenvalue weighted by Crippen LogP contribution is 2.66. The Kier molecular flexibility index (Phi) is 4.00. The van der Waals surface area contributed by atoms with E-state index in [1.807, 2.05) is 0 Å². The Morgan fingerprint density at radius 3 is 2.74 bits per heavy atom. The third-order valence-corrected chi connectivity index (χ3v) is 9.44. The van der Waals surface area contributed by atoms with Crippen LogP contribution in [0.3, 0.4) is 0 Å². The number of hydrogen-bond acceptors (Lipinski definition) is 3. The lowest BCUT2D eigenvalue weighted by Gasteiger charge is -2.54. The van der Waals surface area contributed by atoms with Crippen LogP contribution in [0.15, 0.2) is 11.6 Å². The van der Waals surface area contributed by atoms with Gasteiger partial charge in [-0.3, -0.25) is 4.79 Å². The summed E-state index contributed by atoms with van der Waals surface area (Å²) in [6.07, 6.45) is 12.6. The van der Waals surface area contributed by atoms with Crippen molar-refractivity contribution in [1.82, 2.24) is 0 Å². The van der Waals surface area contributed by atoms with Crippen molar-refractivity contribution in [1.29, 1.82) is 0 Å².